The van der Waals surface area contributed by atoms with Crippen molar-refractivity contribution in [3.63, 3.8) is 0 Å². The van der Waals surface area contributed by atoms with Gasteiger partial charge in [0.25, 0.3) is 5.91 Å². The van der Waals surface area contributed by atoms with Gasteiger partial charge in [0.2, 0.25) is 0 Å². The Morgan fingerprint density at radius 2 is 1.17 bits per heavy atom. The van der Waals surface area contributed by atoms with Gasteiger partial charge in [-0.2, -0.15) is 0 Å². The second-order valence-corrected chi connectivity index (χ2v) is 15.1. The third kappa shape index (κ3) is 8.90. The quantitative estimate of drug-likeness (QED) is 0.0846. The van der Waals surface area contributed by atoms with Gasteiger partial charge in [-0.15, -0.1) is 11.8 Å². The van der Waals surface area contributed by atoms with E-state index in [-0.39, 0.29) is 24.8 Å². The normalized spacial score (nSPS) is 21.4. The van der Waals surface area contributed by atoms with Gasteiger partial charge in [-0.1, -0.05) is 84.4 Å². The number of hydrogen-bond acceptors (Lipinski definition) is 11. The molecular formula is C45H40ClNO10S. The molecule has 7 rings (SSSR count). The van der Waals surface area contributed by atoms with E-state index in [9.17, 15) is 14.4 Å². The number of halogens is 1. The monoisotopic (exact) mass is 821 g/mol. The van der Waals surface area contributed by atoms with E-state index < -0.39 is 59.3 Å². The number of hydrogen-bond donors (Lipinski definition) is 0. The highest BCUT2D eigenvalue weighted by atomic mass is 35.5. The Morgan fingerprint density at radius 1 is 0.655 bits per heavy atom. The minimum absolute atomic E-state index is 0.236. The summed E-state index contributed by atoms with van der Waals surface area (Å²) in [6.45, 7) is -0.791. The van der Waals surface area contributed by atoms with E-state index in [1.807, 2.05) is 30.3 Å². The Labute approximate surface area is 345 Å². The summed E-state index contributed by atoms with van der Waals surface area (Å²) in [7, 11) is 3.04. The smallest absolute Gasteiger partial charge is 0.338 e. The second kappa shape index (κ2) is 18.7. The Balaban J connectivity index is 1.29. The molecular weight excluding hydrogens is 782 g/mol. The first-order valence-electron chi connectivity index (χ1n) is 18.5. The molecule has 13 heteroatoms. The van der Waals surface area contributed by atoms with Crippen molar-refractivity contribution in [2.75, 3.05) is 38.9 Å². The van der Waals surface area contributed by atoms with Gasteiger partial charge in [0.15, 0.2) is 6.10 Å². The number of anilines is 1. The molecule has 1 saturated heterocycles. The lowest BCUT2D eigenvalue weighted by Gasteiger charge is -2.35. The number of para-hydroxylation sites is 1. The van der Waals surface area contributed by atoms with Gasteiger partial charge in [-0.25, -0.2) is 14.4 Å². The topological polar surface area (TPSA) is 127 Å². The van der Waals surface area contributed by atoms with Crippen molar-refractivity contribution in [2.24, 2.45) is 11.8 Å². The van der Waals surface area contributed by atoms with Crippen LogP contribution in [0.15, 0.2) is 138 Å². The van der Waals surface area contributed by atoms with Gasteiger partial charge in [0.1, 0.15) is 24.7 Å². The fraction of sp³-hybridized carbons (Fsp3) is 0.244. The maximum Gasteiger partial charge on any atom is 0.338 e. The van der Waals surface area contributed by atoms with Crippen molar-refractivity contribution in [3.8, 4) is 5.75 Å². The Hall–Kier alpha value is -5.66. The van der Waals surface area contributed by atoms with Gasteiger partial charge in [0, 0.05) is 23.8 Å². The predicted molar refractivity (Wildman–Crippen MR) is 217 cm³/mol. The Bertz CT molecular complexity index is 2210. The first kappa shape index (κ1) is 40.5. The molecule has 0 aliphatic carbocycles. The molecule has 298 valence electrons. The number of rotatable bonds is 13. The first-order chi connectivity index (χ1) is 28.3. The predicted octanol–water partition coefficient (Wildman–Crippen LogP) is 8.07. The van der Waals surface area contributed by atoms with Crippen LogP contribution in [0.1, 0.15) is 41.9 Å². The lowest BCUT2D eigenvalue weighted by molar-refractivity contribution is -0.132. The SMILES string of the molecule is COc1ccc(C2Sc3cccc(Cl)c3N([C@@H]3O[C@H](COC(=O)c4ccccc4)[C@@H](COC(=O)c4ccccc4)[C@H]3COC(=O)c3ccccc3)C(=O)C2OC)cc1. The number of amides is 1. The zero-order valence-corrected chi connectivity index (χ0v) is 33.2. The van der Waals surface area contributed by atoms with E-state index in [1.54, 1.807) is 110 Å². The molecule has 5 aromatic carbocycles. The first-order valence-corrected chi connectivity index (χ1v) is 19.8. The summed E-state index contributed by atoms with van der Waals surface area (Å²) in [6, 6.07) is 38.2. The third-order valence-electron chi connectivity index (χ3n) is 10.1. The van der Waals surface area contributed by atoms with E-state index in [2.05, 4.69) is 0 Å². The minimum atomic E-state index is -1.18. The largest absolute Gasteiger partial charge is 0.497 e. The number of carbonyl (C=O) groups is 4. The number of methoxy groups -OCH3 is 2. The summed E-state index contributed by atoms with van der Waals surface area (Å²) in [6.07, 6.45) is -3.18. The lowest BCUT2D eigenvalue weighted by Crippen LogP contribution is -2.51. The maximum absolute atomic E-state index is 15.2. The van der Waals surface area contributed by atoms with Crippen LogP contribution in [0.4, 0.5) is 5.69 Å². The highest BCUT2D eigenvalue weighted by molar-refractivity contribution is 7.99. The van der Waals surface area contributed by atoms with Crippen LogP contribution in [0.3, 0.4) is 0 Å². The standard InChI is InChI=1S/C45H40ClNO10S/c1-52-32-23-21-28(22-24-32)40-39(53-2)41(48)47(38-35(46)19-12-20-37(38)58-40)42-34(26-55-44(50)30-15-8-4-9-16-30)33(25-54-43(49)29-13-6-3-7-14-29)36(57-42)27-56-45(51)31-17-10-5-11-18-31/h3-24,33-34,36,39-40,42H,25-27H2,1-2H3/t33-,34+,36+,39?,40?,42+/m0/s1. The molecule has 2 aliphatic heterocycles. The number of esters is 3. The van der Waals surface area contributed by atoms with Gasteiger partial charge in [-0.05, 0) is 66.2 Å². The van der Waals surface area contributed by atoms with Crippen LogP contribution >= 0.6 is 23.4 Å². The number of nitrogens with zero attached hydrogens (tertiary/aromatic N) is 1. The van der Waals surface area contributed by atoms with Crippen LogP contribution in [-0.2, 0) is 28.5 Å². The molecule has 2 unspecified atom stereocenters. The van der Waals surface area contributed by atoms with Crippen LogP contribution in [-0.4, -0.2) is 76.3 Å². The highest BCUT2D eigenvalue weighted by Gasteiger charge is 2.53. The summed E-state index contributed by atoms with van der Waals surface area (Å²) in [5.74, 6) is -3.24. The molecule has 5 aromatic rings. The van der Waals surface area contributed by atoms with Gasteiger partial charge in [0.05, 0.1) is 53.0 Å². The van der Waals surface area contributed by atoms with Crippen molar-refractivity contribution in [2.45, 2.75) is 28.6 Å². The van der Waals surface area contributed by atoms with Crippen LogP contribution < -0.4 is 9.64 Å². The average Bonchev–Trinajstić information content (AvgIpc) is 3.54. The molecule has 2 heterocycles. The van der Waals surface area contributed by atoms with Gasteiger partial charge >= 0.3 is 17.9 Å². The van der Waals surface area contributed by atoms with Crippen molar-refractivity contribution in [3.05, 3.63) is 161 Å². The lowest BCUT2D eigenvalue weighted by atomic mass is 9.89. The van der Waals surface area contributed by atoms with Crippen molar-refractivity contribution < 1.29 is 47.6 Å². The highest BCUT2D eigenvalue weighted by Crippen LogP contribution is 2.51. The van der Waals surface area contributed by atoms with E-state index in [1.165, 1.54) is 23.8 Å². The Morgan fingerprint density at radius 3 is 1.69 bits per heavy atom. The summed E-state index contributed by atoms with van der Waals surface area (Å²) in [5, 5.41) is -0.273. The molecule has 6 atom stereocenters. The number of benzene rings is 5. The van der Waals surface area contributed by atoms with E-state index in [4.69, 9.17) is 40.0 Å². The van der Waals surface area contributed by atoms with Crippen LogP contribution in [0.5, 0.6) is 5.75 Å². The van der Waals surface area contributed by atoms with Crippen LogP contribution in [0, 0.1) is 11.8 Å². The van der Waals surface area contributed by atoms with E-state index in [0.29, 0.717) is 33.0 Å². The fourth-order valence-electron chi connectivity index (χ4n) is 7.11. The van der Waals surface area contributed by atoms with Crippen LogP contribution in [0.2, 0.25) is 5.02 Å². The molecule has 0 spiro atoms. The number of fused-ring (bicyclic) bond motifs is 1. The van der Waals surface area contributed by atoms with E-state index in [0.717, 1.165) is 5.56 Å². The molecule has 11 nitrogen and oxygen atoms in total. The molecule has 58 heavy (non-hydrogen) atoms. The van der Waals surface area contributed by atoms with E-state index >= 15 is 4.79 Å². The molecule has 0 N–H and O–H groups in total. The van der Waals surface area contributed by atoms with Crippen LogP contribution in [0.25, 0.3) is 0 Å². The molecule has 1 fully saturated rings. The molecule has 0 bridgehead atoms. The van der Waals surface area contributed by atoms with Crippen molar-refractivity contribution in [1.29, 1.82) is 0 Å². The maximum atomic E-state index is 15.2. The summed E-state index contributed by atoms with van der Waals surface area (Å²) in [5.41, 5.74) is 2.13. The second-order valence-electron chi connectivity index (χ2n) is 13.5. The van der Waals surface area contributed by atoms with Gasteiger partial charge < -0.3 is 28.4 Å². The van der Waals surface area contributed by atoms with Crippen molar-refractivity contribution in [1.82, 2.24) is 0 Å². The number of thioether (sulfide) groups is 1. The number of carbonyl (C=O) groups excluding carboxylic acids is 4. The fourth-order valence-corrected chi connectivity index (χ4v) is 8.82. The van der Waals surface area contributed by atoms with Gasteiger partial charge in [-0.3, -0.25) is 9.69 Å². The molecule has 2 aliphatic rings. The molecule has 0 saturated carbocycles. The minimum Gasteiger partial charge on any atom is -0.497 e. The Kier molecular flexibility index (Phi) is 13.1. The van der Waals surface area contributed by atoms with Crippen molar-refractivity contribution >= 4 is 52.9 Å². The summed E-state index contributed by atoms with van der Waals surface area (Å²) < 4.78 is 35.9. The average molecular weight is 822 g/mol. The number of ether oxygens (including phenoxy) is 6. The molecule has 1 amide bonds. The summed E-state index contributed by atoms with van der Waals surface area (Å²) in [4.78, 5) is 57.3. The zero-order valence-electron chi connectivity index (χ0n) is 31.6. The third-order valence-corrected chi connectivity index (χ3v) is 11.7. The zero-order chi connectivity index (χ0) is 40.6. The summed E-state index contributed by atoms with van der Waals surface area (Å²) >= 11 is 8.41. The molecule has 0 radical (unpaired) electrons. The molecule has 0 aromatic heterocycles.